The van der Waals surface area contributed by atoms with Gasteiger partial charge in [-0.05, 0) is 42.8 Å². The number of nitrogens with zero attached hydrogens (tertiary/aromatic N) is 3. The van der Waals surface area contributed by atoms with Crippen LogP contribution in [0.25, 0.3) is 5.69 Å². The van der Waals surface area contributed by atoms with Crippen molar-refractivity contribution in [3.05, 3.63) is 69.5 Å². The molecule has 0 fully saturated rings. The molecule has 0 unspecified atom stereocenters. The molecule has 0 aliphatic carbocycles. The molecule has 2 aromatic carbocycles. The molecule has 1 heterocycles. The highest BCUT2D eigenvalue weighted by molar-refractivity contribution is 6.35. The Morgan fingerprint density at radius 1 is 1.23 bits per heavy atom. The van der Waals surface area contributed by atoms with E-state index in [1.165, 1.54) is 0 Å². The van der Waals surface area contributed by atoms with Crippen LogP contribution in [0.1, 0.15) is 21.7 Å². The van der Waals surface area contributed by atoms with Gasteiger partial charge in [0.05, 0.1) is 23.0 Å². The van der Waals surface area contributed by atoms with Gasteiger partial charge in [0.25, 0.3) is 5.91 Å². The van der Waals surface area contributed by atoms with Crippen molar-refractivity contribution in [1.29, 1.82) is 0 Å². The Kier molecular flexibility index (Phi) is 5.56. The third-order valence-electron chi connectivity index (χ3n) is 3.68. The summed E-state index contributed by atoms with van der Waals surface area (Å²) in [6, 6.07) is 12.5. The number of rotatable bonds is 5. The normalized spacial score (nSPS) is 10.8. The lowest BCUT2D eigenvalue weighted by atomic mass is 10.2. The van der Waals surface area contributed by atoms with Crippen molar-refractivity contribution in [2.45, 2.75) is 13.5 Å². The van der Waals surface area contributed by atoms with Crippen molar-refractivity contribution in [1.82, 2.24) is 15.0 Å². The number of aryl methyl sites for hydroxylation is 1. The van der Waals surface area contributed by atoms with Crippen molar-refractivity contribution >= 4 is 34.8 Å². The van der Waals surface area contributed by atoms with Gasteiger partial charge in [0.15, 0.2) is 5.69 Å². The highest BCUT2D eigenvalue weighted by atomic mass is 35.5. The van der Waals surface area contributed by atoms with E-state index in [2.05, 4.69) is 15.6 Å². The van der Waals surface area contributed by atoms with E-state index in [1.807, 2.05) is 31.2 Å². The number of halogens is 2. The van der Waals surface area contributed by atoms with Gasteiger partial charge in [-0.25, -0.2) is 4.68 Å². The van der Waals surface area contributed by atoms with Gasteiger partial charge < -0.3 is 10.1 Å². The number of carbonyl (C=O) groups excluding carboxylic acids is 1. The minimum Gasteiger partial charge on any atom is -0.378 e. The average Bonchev–Trinajstić information content (AvgIpc) is 3.02. The fourth-order valence-electron chi connectivity index (χ4n) is 2.49. The van der Waals surface area contributed by atoms with E-state index in [0.717, 1.165) is 11.3 Å². The van der Waals surface area contributed by atoms with E-state index in [0.29, 0.717) is 21.4 Å². The molecular weight excluding hydrogens is 375 g/mol. The van der Waals surface area contributed by atoms with Crippen LogP contribution in [-0.4, -0.2) is 28.0 Å². The second kappa shape index (κ2) is 7.86. The molecular formula is C18H16Cl2N4O2. The first-order valence-electron chi connectivity index (χ1n) is 7.76. The molecule has 134 valence electrons. The predicted molar refractivity (Wildman–Crippen MR) is 101 cm³/mol. The van der Waals surface area contributed by atoms with Gasteiger partial charge in [0, 0.05) is 12.1 Å². The van der Waals surface area contributed by atoms with Crippen molar-refractivity contribution in [2.24, 2.45) is 0 Å². The molecule has 6 nitrogen and oxygen atoms in total. The summed E-state index contributed by atoms with van der Waals surface area (Å²) in [4.78, 5) is 12.7. The first kappa shape index (κ1) is 18.4. The van der Waals surface area contributed by atoms with Gasteiger partial charge >= 0.3 is 0 Å². The van der Waals surface area contributed by atoms with Crippen molar-refractivity contribution in [3.8, 4) is 5.69 Å². The molecule has 0 bridgehead atoms. The van der Waals surface area contributed by atoms with Gasteiger partial charge in [-0.2, -0.15) is 0 Å². The number of benzene rings is 2. The molecule has 0 saturated heterocycles. The zero-order valence-electron chi connectivity index (χ0n) is 14.2. The summed E-state index contributed by atoms with van der Waals surface area (Å²) in [6.45, 7) is 2.15. The molecule has 0 radical (unpaired) electrons. The van der Waals surface area contributed by atoms with E-state index < -0.39 is 5.91 Å². The number of anilines is 1. The molecule has 0 atom stereocenters. The summed E-state index contributed by atoms with van der Waals surface area (Å²) in [7, 11) is 1.54. The maximum atomic E-state index is 12.7. The summed E-state index contributed by atoms with van der Waals surface area (Å²) in [6.07, 6.45) is 0. The molecule has 0 spiro atoms. The van der Waals surface area contributed by atoms with E-state index in [1.54, 1.807) is 30.0 Å². The number of nitrogens with one attached hydrogen (secondary N) is 1. The summed E-state index contributed by atoms with van der Waals surface area (Å²) in [5.41, 5.74) is 2.96. The SMILES string of the molecule is COCc1c(C(=O)Nc2cc(Cl)ccc2Cl)nnn1-c1cccc(C)c1. The van der Waals surface area contributed by atoms with Crippen LogP contribution in [0.2, 0.25) is 10.0 Å². The standard InChI is InChI=1S/C18H16Cl2N4O2/c1-11-4-3-5-13(8-11)24-16(10-26-2)17(22-23-24)18(25)21-15-9-12(19)6-7-14(15)20/h3-9H,10H2,1-2H3,(H,21,25). The number of methoxy groups -OCH3 is 1. The molecule has 0 aliphatic heterocycles. The van der Waals surface area contributed by atoms with Crippen molar-refractivity contribution in [2.75, 3.05) is 12.4 Å². The van der Waals surface area contributed by atoms with Crippen LogP contribution in [0.15, 0.2) is 42.5 Å². The van der Waals surface area contributed by atoms with Crippen LogP contribution < -0.4 is 5.32 Å². The molecule has 0 saturated carbocycles. The minimum atomic E-state index is -0.444. The Morgan fingerprint density at radius 3 is 2.77 bits per heavy atom. The monoisotopic (exact) mass is 390 g/mol. The quantitative estimate of drug-likeness (QED) is 0.705. The van der Waals surface area contributed by atoms with Crippen LogP contribution in [0.5, 0.6) is 0 Å². The van der Waals surface area contributed by atoms with E-state index in [4.69, 9.17) is 27.9 Å². The maximum absolute atomic E-state index is 12.7. The van der Waals surface area contributed by atoms with Crippen LogP contribution in [0, 0.1) is 6.92 Å². The molecule has 1 N–H and O–H groups in total. The topological polar surface area (TPSA) is 69.0 Å². The largest absolute Gasteiger partial charge is 0.378 e. The van der Waals surface area contributed by atoms with Crippen LogP contribution in [0.3, 0.4) is 0 Å². The summed E-state index contributed by atoms with van der Waals surface area (Å²) >= 11 is 12.1. The number of hydrogen-bond acceptors (Lipinski definition) is 4. The lowest BCUT2D eigenvalue weighted by Gasteiger charge is -2.09. The Bertz CT molecular complexity index is 956. The van der Waals surface area contributed by atoms with Gasteiger partial charge in [-0.3, -0.25) is 4.79 Å². The number of hydrogen-bond donors (Lipinski definition) is 1. The number of ether oxygens (including phenoxy) is 1. The van der Waals surface area contributed by atoms with Crippen LogP contribution >= 0.6 is 23.2 Å². The third-order valence-corrected chi connectivity index (χ3v) is 4.25. The number of amides is 1. The highest BCUT2D eigenvalue weighted by Gasteiger charge is 2.21. The van der Waals surface area contributed by atoms with Gasteiger partial charge in [-0.15, -0.1) is 5.10 Å². The Balaban J connectivity index is 1.97. The molecule has 3 aromatic rings. The Morgan fingerprint density at radius 2 is 2.04 bits per heavy atom. The Hall–Kier alpha value is -2.41. The van der Waals surface area contributed by atoms with E-state index in [9.17, 15) is 4.79 Å². The average molecular weight is 391 g/mol. The second-order valence-electron chi connectivity index (χ2n) is 5.65. The van der Waals surface area contributed by atoms with Gasteiger partial charge in [-0.1, -0.05) is 40.5 Å². The zero-order chi connectivity index (χ0) is 18.7. The first-order valence-corrected chi connectivity index (χ1v) is 8.52. The van der Waals surface area contributed by atoms with Crippen molar-refractivity contribution < 1.29 is 9.53 Å². The fraction of sp³-hybridized carbons (Fsp3) is 0.167. The highest BCUT2D eigenvalue weighted by Crippen LogP contribution is 2.26. The summed E-state index contributed by atoms with van der Waals surface area (Å²) in [5.74, 6) is -0.444. The molecule has 1 aromatic heterocycles. The molecule has 26 heavy (non-hydrogen) atoms. The van der Waals surface area contributed by atoms with E-state index in [-0.39, 0.29) is 12.3 Å². The maximum Gasteiger partial charge on any atom is 0.278 e. The Labute approximate surface area is 160 Å². The number of aromatic nitrogens is 3. The molecule has 3 rings (SSSR count). The lowest BCUT2D eigenvalue weighted by molar-refractivity contribution is 0.101. The summed E-state index contributed by atoms with van der Waals surface area (Å²) < 4.78 is 6.82. The zero-order valence-corrected chi connectivity index (χ0v) is 15.7. The smallest absolute Gasteiger partial charge is 0.278 e. The summed E-state index contributed by atoms with van der Waals surface area (Å²) in [5, 5.41) is 11.7. The molecule has 1 amide bonds. The van der Waals surface area contributed by atoms with Gasteiger partial charge in [0.1, 0.15) is 5.69 Å². The van der Waals surface area contributed by atoms with Gasteiger partial charge in [0.2, 0.25) is 0 Å². The third kappa shape index (κ3) is 3.88. The first-order chi connectivity index (χ1) is 12.5. The van der Waals surface area contributed by atoms with Crippen molar-refractivity contribution in [3.63, 3.8) is 0 Å². The molecule has 8 heteroatoms. The van der Waals surface area contributed by atoms with Crippen LogP contribution in [0.4, 0.5) is 5.69 Å². The fourth-order valence-corrected chi connectivity index (χ4v) is 2.82. The second-order valence-corrected chi connectivity index (χ2v) is 6.49. The predicted octanol–water partition coefficient (Wildman–Crippen LogP) is 4.28. The number of carbonyl (C=O) groups is 1. The minimum absolute atomic E-state index is 0.157. The van der Waals surface area contributed by atoms with E-state index >= 15 is 0 Å². The van der Waals surface area contributed by atoms with Crippen LogP contribution in [-0.2, 0) is 11.3 Å². The molecule has 0 aliphatic rings. The lowest BCUT2D eigenvalue weighted by Crippen LogP contribution is -2.16.